The first-order chi connectivity index (χ1) is 15.8. The van der Waals surface area contributed by atoms with Crippen molar-refractivity contribution in [2.75, 3.05) is 0 Å². The zero-order valence-corrected chi connectivity index (χ0v) is 18.7. The van der Waals surface area contributed by atoms with Crippen molar-refractivity contribution in [1.82, 2.24) is 0 Å². The molecule has 0 saturated carbocycles. The minimum Gasteiger partial charge on any atom is -0.298 e. The molecule has 0 fully saturated rings. The third kappa shape index (κ3) is 3.86. The van der Waals surface area contributed by atoms with Crippen LogP contribution in [0.1, 0.15) is 20.7 Å². The molecule has 32 heavy (non-hydrogen) atoms. The molecule has 0 radical (unpaired) electrons. The Kier molecular flexibility index (Phi) is 5.63. The highest BCUT2D eigenvalue weighted by atomic mass is 32.1. The number of carbonyl (C=O) groups is 2. The van der Waals surface area contributed by atoms with E-state index >= 15 is 0 Å². The second-order valence-electron chi connectivity index (χ2n) is 7.32. The first-order valence-electron chi connectivity index (χ1n) is 10.2. The summed E-state index contributed by atoms with van der Waals surface area (Å²) in [5.41, 5.74) is 5.02. The van der Waals surface area contributed by atoms with Crippen molar-refractivity contribution >= 4 is 35.2 Å². The van der Waals surface area contributed by atoms with Crippen molar-refractivity contribution < 1.29 is 9.59 Å². The molecular formula is C28H18O2S2. The van der Waals surface area contributed by atoms with Gasteiger partial charge in [0, 0.05) is 41.8 Å². The van der Waals surface area contributed by atoms with Crippen molar-refractivity contribution in [1.29, 1.82) is 0 Å². The molecule has 5 rings (SSSR count). The molecule has 2 nitrogen and oxygen atoms in total. The molecule has 0 unspecified atom stereocenters. The molecular weight excluding hydrogens is 432 g/mol. The number of thiophene rings is 2. The normalized spacial score (nSPS) is 10.8. The average Bonchev–Trinajstić information content (AvgIpc) is 3.55. The second kappa shape index (κ2) is 8.87. The Balaban J connectivity index is 1.57. The fraction of sp³-hybridized carbons (Fsp3) is 0. The number of carbonyl (C=O) groups excluding carboxylic acids is 2. The summed E-state index contributed by atoms with van der Waals surface area (Å²) in [4.78, 5) is 28.2. The molecule has 2 heterocycles. The monoisotopic (exact) mass is 450 g/mol. The van der Waals surface area contributed by atoms with Crippen LogP contribution in [0.25, 0.3) is 41.8 Å². The summed E-state index contributed by atoms with van der Waals surface area (Å²) in [6, 6.07) is 32.1. The molecule has 0 N–H and O–H groups in total. The molecule has 0 aliphatic heterocycles. The van der Waals surface area contributed by atoms with Gasteiger partial charge in [-0.25, -0.2) is 0 Å². The van der Waals surface area contributed by atoms with Gasteiger partial charge in [0.25, 0.3) is 0 Å². The first kappa shape index (κ1) is 20.3. The van der Waals surface area contributed by atoms with Crippen LogP contribution in [0.4, 0.5) is 0 Å². The van der Waals surface area contributed by atoms with E-state index in [0.717, 1.165) is 54.3 Å². The summed E-state index contributed by atoms with van der Waals surface area (Å²) < 4.78 is 0. The Morgan fingerprint density at radius 3 is 1.22 bits per heavy atom. The summed E-state index contributed by atoms with van der Waals surface area (Å²) in [7, 11) is 0. The summed E-state index contributed by atoms with van der Waals surface area (Å²) in [6.07, 6.45) is 1.75. The predicted octanol–water partition coefficient (Wildman–Crippen LogP) is 8.10. The average molecular weight is 451 g/mol. The van der Waals surface area contributed by atoms with E-state index in [1.54, 1.807) is 22.7 Å². The molecule has 154 valence electrons. The lowest BCUT2D eigenvalue weighted by Gasteiger charge is -2.09. The minimum atomic E-state index is 0.585. The largest absolute Gasteiger partial charge is 0.298 e. The molecule has 3 aromatic carbocycles. The summed E-state index contributed by atoms with van der Waals surface area (Å²) >= 11 is 3.24. The Morgan fingerprint density at radius 1 is 0.469 bits per heavy atom. The molecule has 0 aliphatic carbocycles. The molecule has 0 saturated heterocycles. The van der Waals surface area contributed by atoms with Gasteiger partial charge in [-0.1, -0.05) is 60.7 Å². The third-order valence-electron chi connectivity index (χ3n) is 5.34. The highest BCUT2D eigenvalue weighted by Gasteiger charge is 2.16. The molecule has 2 aromatic heterocycles. The van der Waals surface area contributed by atoms with Gasteiger partial charge in [-0.2, -0.15) is 0 Å². The predicted molar refractivity (Wildman–Crippen MR) is 135 cm³/mol. The van der Waals surface area contributed by atoms with E-state index < -0.39 is 0 Å². The van der Waals surface area contributed by atoms with Gasteiger partial charge in [0.2, 0.25) is 0 Å². The molecule has 4 heteroatoms. The van der Waals surface area contributed by atoms with Crippen molar-refractivity contribution in [2.45, 2.75) is 0 Å². The van der Waals surface area contributed by atoms with Crippen molar-refractivity contribution in [2.24, 2.45) is 0 Å². The number of hydrogen-bond acceptors (Lipinski definition) is 4. The van der Waals surface area contributed by atoms with Gasteiger partial charge in [0.15, 0.2) is 12.6 Å². The van der Waals surface area contributed by atoms with Crippen molar-refractivity contribution in [3.8, 4) is 41.8 Å². The minimum absolute atomic E-state index is 0.585. The Morgan fingerprint density at radius 2 is 0.844 bits per heavy atom. The first-order valence-corrected chi connectivity index (χ1v) is 11.8. The van der Waals surface area contributed by atoms with Gasteiger partial charge in [-0.05, 0) is 47.5 Å². The standard InChI is InChI=1S/C28H18O2S2/c29-17-21-16-24(28-14-12-26(32-28)20-9-5-2-6-10-20)22(18-30)15-23(21)27-13-11-25(31-27)19-7-3-1-4-8-19/h1-18H. The zero-order valence-electron chi connectivity index (χ0n) is 17.0. The SMILES string of the molecule is O=Cc1cc(-c2ccc(-c3ccccc3)s2)c(C=O)cc1-c1ccc(-c2ccccc2)s1. The van der Waals surface area contributed by atoms with Gasteiger partial charge < -0.3 is 0 Å². The Hall–Kier alpha value is -3.60. The van der Waals surface area contributed by atoms with Gasteiger partial charge in [0.1, 0.15) is 0 Å². The summed E-state index contributed by atoms with van der Waals surface area (Å²) in [5.74, 6) is 0. The highest BCUT2D eigenvalue weighted by Crippen LogP contribution is 2.40. The van der Waals surface area contributed by atoms with E-state index in [0.29, 0.717) is 11.1 Å². The highest BCUT2D eigenvalue weighted by molar-refractivity contribution is 7.19. The topological polar surface area (TPSA) is 34.1 Å². The van der Waals surface area contributed by atoms with Crippen molar-refractivity contribution in [3.63, 3.8) is 0 Å². The number of aldehydes is 2. The zero-order chi connectivity index (χ0) is 21.9. The summed E-state index contributed by atoms with van der Waals surface area (Å²) in [5, 5.41) is 0. The van der Waals surface area contributed by atoms with Gasteiger partial charge in [-0.15, -0.1) is 22.7 Å². The maximum atomic E-state index is 12.0. The number of hydrogen-bond donors (Lipinski definition) is 0. The van der Waals surface area contributed by atoms with E-state index in [2.05, 4.69) is 36.4 Å². The lowest BCUT2D eigenvalue weighted by Crippen LogP contribution is -1.93. The van der Waals surface area contributed by atoms with Crippen LogP contribution < -0.4 is 0 Å². The van der Waals surface area contributed by atoms with E-state index in [4.69, 9.17) is 0 Å². The fourth-order valence-corrected chi connectivity index (χ4v) is 5.83. The maximum absolute atomic E-state index is 12.0. The van der Waals surface area contributed by atoms with Crippen LogP contribution in [-0.2, 0) is 0 Å². The molecule has 0 aliphatic rings. The van der Waals surface area contributed by atoms with E-state index in [1.807, 2.05) is 60.7 Å². The smallest absolute Gasteiger partial charge is 0.150 e. The molecule has 5 aromatic rings. The Labute approximate surface area is 194 Å². The molecule has 0 bridgehead atoms. The third-order valence-corrected chi connectivity index (χ3v) is 7.67. The molecule has 0 atom stereocenters. The maximum Gasteiger partial charge on any atom is 0.150 e. The van der Waals surface area contributed by atoms with Crippen LogP contribution >= 0.6 is 22.7 Å². The van der Waals surface area contributed by atoms with E-state index in [1.165, 1.54) is 0 Å². The van der Waals surface area contributed by atoms with E-state index in [9.17, 15) is 9.59 Å². The quantitative estimate of drug-likeness (QED) is 0.245. The summed E-state index contributed by atoms with van der Waals surface area (Å²) in [6.45, 7) is 0. The van der Waals surface area contributed by atoms with Crippen LogP contribution in [0.5, 0.6) is 0 Å². The number of rotatable bonds is 6. The van der Waals surface area contributed by atoms with Crippen LogP contribution in [-0.4, -0.2) is 12.6 Å². The lowest BCUT2D eigenvalue weighted by molar-refractivity contribution is 0.111. The van der Waals surface area contributed by atoms with Crippen LogP contribution in [0.15, 0.2) is 97.1 Å². The van der Waals surface area contributed by atoms with Crippen LogP contribution in [0.3, 0.4) is 0 Å². The second-order valence-corrected chi connectivity index (χ2v) is 9.49. The van der Waals surface area contributed by atoms with Crippen LogP contribution in [0, 0.1) is 0 Å². The van der Waals surface area contributed by atoms with Gasteiger partial charge >= 0.3 is 0 Å². The van der Waals surface area contributed by atoms with Gasteiger partial charge in [0.05, 0.1) is 0 Å². The van der Waals surface area contributed by atoms with Crippen LogP contribution in [0.2, 0.25) is 0 Å². The molecule has 0 amide bonds. The fourth-order valence-electron chi connectivity index (χ4n) is 3.74. The Bertz CT molecular complexity index is 1290. The van der Waals surface area contributed by atoms with Crippen molar-refractivity contribution in [3.05, 3.63) is 108 Å². The van der Waals surface area contributed by atoms with Gasteiger partial charge in [-0.3, -0.25) is 9.59 Å². The van der Waals surface area contributed by atoms with E-state index in [-0.39, 0.29) is 0 Å². The number of benzene rings is 3. The molecule has 0 spiro atoms. The lowest BCUT2D eigenvalue weighted by atomic mass is 9.97.